The lowest BCUT2D eigenvalue weighted by molar-refractivity contribution is 0.330. The minimum absolute atomic E-state index is 0.469. The van der Waals surface area contributed by atoms with Gasteiger partial charge in [-0.1, -0.05) is 50.3 Å². The molecule has 1 atom stereocenters. The Morgan fingerprint density at radius 1 is 1.26 bits per heavy atom. The first kappa shape index (κ1) is 15.3. The van der Waals surface area contributed by atoms with Gasteiger partial charge in [-0.25, -0.2) is 0 Å². The Balaban J connectivity index is 2.19. The first-order valence-electron chi connectivity index (χ1n) is 7.40. The lowest BCUT2D eigenvalue weighted by Crippen LogP contribution is -2.28. The quantitative estimate of drug-likeness (QED) is 0.688. The molecule has 1 unspecified atom stereocenters. The van der Waals surface area contributed by atoms with Crippen LogP contribution in [0.15, 0.2) is 22.7 Å². The Morgan fingerprint density at radius 3 is 2.53 bits per heavy atom. The predicted octanol–water partition coefficient (Wildman–Crippen LogP) is 5.72. The van der Waals surface area contributed by atoms with Crippen LogP contribution < -0.4 is 5.32 Å². The van der Waals surface area contributed by atoms with E-state index in [1.807, 2.05) is 6.07 Å². The fourth-order valence-electron chi connectivity index (χ4n) is 3.13. The van der Waals surface area contributed by atoms with Crippen molar-refractivity contribution < 1.29 is 0 Å². The molecule has 0 amide bonds. The SMILES string of the molecule is CCNC(c1ccc(Cl)c(Br)c1)C1CCCCCC1. The maximum absolute atomic E-state index is 6.11. The molecule has 0 spiro atoms. The summed E-state index contributed by atoms with van der Waals surface area (Å²) in [5, 5.41) is 4.47. The van der Waals surface area contributed by atoms with E-state index >= 15 is 0 Å². The van der Waals surface area contributed by atoms with Crippen molar-refractivity contribution in [3.05, 3.63) is 33.3 Å². The Labute approximate surface area is 130 Å². The van der Waals surface area contributed by atoms with Crippen molar-refractivity contribution in [2.45, 2.75) is 51.5 Å². The normalized spacial score (nSPS) is 19.1. The Hall–Kier alpha value is -0.0500. The van der Waals surface area contributed by atoms with Crippen molar-refractivity contribution in [1.82, 2.24) is 5.32 Å². The Morgan fingerprint density at radius 2 is 1.95 bits per heavy atom. The van der Waals surface area contributed by atoms with Gasteiger partial charge in [0, 0.05) is 10.5 Å². The lowest BCUT2D eigenvalue weighted by Gasteiger charge is -2.27. The summed E-state index contributed by atoms with van der Waals surface area (Å²) in [6.07, 6.45) is 8.25. The van der Waals surface area contributed by atoms with Crippen LogP contribution in [0.25, 0.3) is 0 Å². The van der Waals surface area contributed by atoms with Gasteiger partial charge in [-0.15, -0.1) is 0 Å². The molecule has 0 aliphatic heterocycles. The number of hydrogen-bond donors (Lipinski definition) is 1. The van der Waals surface area contributed by atoms with Crippen molar-refractivity contribution in [2.75, 3.05) is 6.54 Å². The second kappa shape index (κ2) is 7.66. The van der Waals surface area contributed by atoms with Crippen LogP contribution in [-0.2, 0) is 0 Å². The molecule has 19 heavy (non-hydrogen) atoms. The number of hydrogen-bond acceptors (Lipinski definition) is 1. The zero-order valence-electron chi connectivity index (χ0n) is 11.6. The molecule has 0 saturated heterocycles. The van der Waals surface area contributed by atoms with E-state index in [0.717, 1.165) is 22.0 Å². The standard InChI is InChI=1S/C16H23BrClN/c1-2-19-16(12-7-5-3-4-6-8-12)13-9-10-15(18)14(17)11-13/h9-12,16,19H,2-8H2,1H3. The van der Waals surface area contributed by atoms with E-state index in [0.29, 0.717) is 6.04 Å². The molecule has 3 heteroatoms. The molecular formula is C16H23BrClN. The van der Waals surface area contributed by atoms with Crippen LogP contribution >= 0.6 is 27.5 Å². The van der Waals surface area contributed by atoms with Crippen LogP contribution in [0.2, 0.25) is 5.02 Å². The van der Waals surface area contributed by atoms with Gasteiger partial charge in [0.2, 0.25) is 0 Å². The van der Waals surface area contributed by atoms with E-state index < -0.39 is 0 Å². The predicted molar refractivity (Wildman–Crippen MR) is 86.8 cm³/mol. The molecule has 1 aromatic rings. The van der Waals surface area contributed by atoms with Crippen LogP contribution in [0.1, 0.15) is 57.1 Å². The largest absolute Gasteiger partial charge is 0.310 e. The van der Waals surface area contributed by atoms with Crippen molar-refractivity contribution in [3.8, 4) is 0 Å². The van der Waals surface area contributed by atoms with E-state index in [1.165, 1.54) is 44.1 Å². The molecule has 0 heterocycles. The van der Waals surface area contributed by atoms with Crippen molar-refractivity contribution in [2.24, 2.45) is 5.92 Å². The molecule has 1 fully saturated rings. The number of halogens is 2. The van der Waals surface area contributed by atoms with Gasteiger partial charge in [-0.3, -0.25) is 0 Å². The molecule has 1 nitrogen and oxygen atoms in total. The van der Waals surface area contributed by atoms with Crippen LogP contribution in [0, 0.1) is 5.92 Å². The summed E-state index contributed by atoms with van der Waals surface area (Å²) in [4.78, 5) is 0. The highest BCUT2D eigenvalue weighted by atomic mass is 79.9. The number of rotatable bonds is 4. The van der Waals surface area contributed by atoms with Gasteiger partial charge in [0.05, 0.1) is 5.02 Å². The molecule has 1 aromatic carbocycles. The van der Waals surface area contributed by atoms with E-state index in [1.54, 1.807) is 0 Å². The van der Waals surface area contributed by atoms with Crippen LogP contribution in [0.3, 0.4) is 0 Å². The first-order valence-corrected chi connectivity index (χ1v) is 8.57. The fourth-order valence-corrected chi connectivity index (χ4v) is 3.64. The minimum atomic E-state index is 0.469. The van der Waals surface area contributed by atoms with E-state index in [4.69, 9.17) is 11.6 Å². The maximum atomic E-state index is 6.11. The topological polar surface area (TPSA) is 12.0 Å². The molecule has 1 aliphatic rings. The summed E-state index contributed by atoms with van der Waals surface area (Å²) >= 11 is 9.65. The van der Waals surface area contributed by atoms with Gasteiger partial charge in [-0.05, 0) is 58.9 Å². The summed E-state index contributed by atoms with van der Waals surface area (Å²) in [7, 11) is 0. The summed E-state index contributed by atoms with van der Waals surface area (Å²) in [5.74, 6) is 0.760. The van der Waals surface area contributed by atoms with Gasteiger partial charge < -0.3 is 5.32 Å². The zero-order chi connectivity index (χ0) is 13.7. The molecule has 2 rings (SSSR count). The van der Waals surface area contributed by atoms with Crippen molar-refractivity contribution in [3.63, 3.8) is 0 Å². The summed E-state index contributed by atoms with van der Waals surface area (Å²) in [6, 6.07) is 6.82. The van der Waals surface area contributed by atoms with E-state index in [9.17, 15) is 0 Å². The number of nitrogens with one attached hydrogen (secondary N) is 1. The summed E-state index contributed by atoms with van der Waals surface area (Å²) < 4.78 is 1.00. The highest BCUT2D eigenvalue weighted by Gasteiger charge is 2.23. The second-order valence-electron chi connectivity index (χ2n) is 5.46. The molecule has 0 radical (unpaired) electrons. The van der Waals surface area contributed by atoms with Gasteiger partial charge in [-0.2, -0.15) is 0 Å². The fraction of sp³-hybridized carbons (Fsp3) is 0.625. The third-order valence-corrected chi connectivity index (χ3v) is 5.31. The third kappa shape index (κ3) is 4.21. The molecular weight excluding hydrogens is 322 g/mol. The molecule has 1 saturated carbocycles. The van der Waals surface area contributed by atoms with Gasteiger partial charge in [0.15, 0.2) is 0 Å². The van der Waals surface area contributed by atoms with E-state index in [2.05, 4.69) is 40.3 Å². The van der Waals surface area contributed by atoms with Crippen LogP contribution in [0.4, 0.5) is 0 Å². The first-order chi connectivity index (χ1) is 9.22. The van der Waals surface area contributed by atoms with Crippen LogP contribution in [-0.4, -0.2) is 6.54 Å². The molecule has 0 aromatic heterocycles. The van der Waals surface area contributed by atoms with Crippen LogP contribution in [0.5, 0.6) is 0 Å². The smallest absolute Gasteiger partial charge is 0.0548 e. The minimum Gasteiger partial charge on any atom is -0.310 e. The third-order valence-electron chi connectivity index (χ3n) is 4.10. The summed E-state index contributed by atoms with van der Waals surface area (Å²) in [5.41, 5.74) is 1.37. The molecule has 106 valence electrons. The number of benzene rings is 1. The van der Waals surface area contributed by atoms with E-state index in [-0.39, 0.29) is 0 Å². The summed E-state index contributed by atoms with van der Waals surface area (Å²) in [6.45, 7) is 3.20. The average Bonchev–Trinajstić information content (AvgIpc) is 2.68. The average molecular weight is 345 g/mol. The van der Waals surface area contributed by atoms with Gasteiger partial charge in [0.1, 0.15) is 0 Å². The maximum Gasteiger partial charge on any atom is 0.0548 e. The Kier molecular flexibility index (Phi) is 6.18. The molecule has 1 N–H and O–H groups in total. The van der Waals surface area contributed by atoms with Crippen molar-refractivity contribution >= 4 is 27.5 Å². The lowest BCUT2D eigenvalue weighted by atomic mass is 9.87. The molecule has 1 aliphatic carbocycles. The van der Waals surface area contributed by atoms with Gasteiger partial charge >= 0.3 is 0 Å². The van der Waals surface area contributed by atoms with Gasteiger partial charge in [0.25, 0.3) is 0 Å². The molecule has 0 bridgehead atoms. The highest BCUT2D eigenvalue weighted by Crippen LogP contribution is 2.35. The Bertz CT molecular complexity index is 400. The second-order valence-corrected chi connectivity index (χ2v) is 6.72. The van der Waals surface area contributed by atoms with Crippen molar-refractivity contribution in [1.29, 1.82) is 0 Å². The zero-order valence-corrected chi connectivity index (χ0v) is 13.9. The highest BCUT2D eigenvalue weighted by molar-refractivity contribution is 9.10. The monoisotopic (exact) mass is 343 g/mol.